The number of ether oxygens (including phenoxy) is 1. The molecule has 0 spiro atoms. The number of nitro benzene ring substituents is 1. The van der Waals surface area contributed by atoms with Crippen LogP contribution < -0.4 is 4.74 Å². The van der Waals surface area contributed by atoms with E-state index in [-0.39, 0.29) is 5.69 Å². The van der Waals surface area contributed by atoms with E-state index in [1.807, 2.05) is 6.92 Å². The largest absolute Gasteiger partial charge is 0.492 e. The number of furan rings is 1. The van der Waals surface area contributed by atoms with Crippen molar-refractivity contribution in [2.75, 3.05) is 12.4 Å². The lowest BCUT2D eigenvalue weighted by molar-refractivity contribution is -0.384. The molecule has 0 saturated heterocycles. The van der Waals surface area contributed by atoms with Crippen LogP contribution in [0.2, 0.25) is 0 Å². The van der Waals surface area contributed by atoms with Crippen molar-refractivity contribution in [1.82, 2.24) is 10.2 Å². The molecule has 2 heterocycles. The summed E-state index contributed by atoms with van der Waals surface area (Å²) in [4.78, 5) is 10.2. The van der Waals surface area contributed by atoms with Gasteiger partial charge in [0, 0.05) is 11.8 Å². The van der Waals surface area contributed by atoms with E-state index >= 15 is 0 Å². The number of non-ortho nitro benzene ring substituents is 1. The summed E-state index contributed by atoms with van der Waals surface area (Å²) >= 11 is 1.34. The van der Waals surface area contributed by atoms with Gasteiger partial charge in [-0.15, -0.1) is 10.2 Å². The molecule has 0 radical (unpaired) electrons. The predicted octanol–water partition coefficient (Wildman–Crippen LogP) is 3.72. The fourth-order valence-electron chi connectivity index (χ4n) is 1.96. The molecule has 2 aromatic heterocycles. The number of aromatic nitrogens is 2. The summed E-state index contributed by atoms with van der Waals surface area (Å²) in [5, 5.41) is 19.1. The van der Waals surface area contributed by atoms with Gasteiger partial charge < -0.3 is 13.6 Å². The second-order valence-electron chi connectivity index (χ2n) is 4.71. The van der Waals surface area contributed by atoms with Crippen LogP contribution in [-0.2, 0) is 0 Å². The van der Waals surface area contributed by atoms with Gasteiger partial charge in [0.2, 0.25) is 0 Å². The highest BCUT2D eigenvalue weighted by Crippen LogP contribution is 2.26. The smallest absolute Gasteiger partial charge is 0.276 e. The first-order valence-electron chi connectivity index (χ1n) is 7.01. The van der Waals surface area contributed by atoms with Crippen molar-refractivity contribution in [1.29, 1.82) is 0 Å². The topological polar surface area (TPSA) is 104 Å². The van der Waals surface area contributed by atoms with E-state index in [1.165, 1.54) is 23.9 Å². The SMILES string of the molecule is Cc1occc1-c1nnc(SCCOc2cccc([N+](=O)[O-])c2)o1. The molecule has 8 nitrogen and oxygen atoms in total. The quantitative estimate of drug-likeness (QED) is 0.276. The lowest BCUT2D eigenvalue weighted by atomic mass is 10.3. The zero-order valence-electron chi connectivity index (χ0n) is 12.7. The zero-order chi connectivity index (χ0) is 16.9. The first-order valence-corrected chi connectivity index (χ1v) is 8.00. The molecular formula is C15H13N3O5S. The highest BCUT2D eigenvalue weighted by Gasteiger charge is 2.13. The summed E-state index contributed by atoms with van der Waals surface area (Å²) in [5.41, 5.74) is 0.763. The van der Waals surface area contributed by atoms with Crippen LogP contribution in [0, 0.1) is 17.0 Å². The minimum Gasteiger partial charge on any atom is -0.492 e. The molecule has 124 valence electrons. The molecule has 9 heteroatoms. The van der Waals surface area contributed by atoms with Crippen molar-refractivity contribution in [3.63, 3.8) is 0 Å². The third-order valence-corrected chi connectivity index (χ3v) is 3.88. The van der Waals surface area contributed by atoms with Gasteiger partial charge in [-0.25, -0.2) is 0 Å². The molecule has 0 bridgehead atoms. The minimum atomic E-state index is -0.459. The Morgan fingerprint density at radius 1 is 1.33 bits per heavy atom. The average molecular weight is 347 g/mol. The van der Waals surface area contributed by atoms with Crippen LogP contribution in [0.5, 0.6) is 5.75 Å². The molecule has 3 aromatic rings. The Kier molecular flexibility index (Phi) is 4.80. The maximum absolute atomic E-state index is 10.7. The fraction of sp³-hybridized carbons (Fsp3) is 0.200. The number of benzene rings is 1. The van der Waals surface area contributed by atoms with Gasteiger partial charge in [-0.3, -0.25) is 10.1 Å². The molecule has 24 heavy (non-hydrogen) atoms. The van der Waals surface area contributed by atoms with E-state index in [0.717, 1.165) is 5.56 Å². The number of nitrogens with zero attached hydrogens (tertiary/aromatic N) is 3. The van der Waals surface area contributed by atoms with Gasteiger partial charge in [-0.1, -0.05) is 17.8 Å². The number of hydrogen-bond donors (Lipinski definition) is 0. The van der Waals surface area contributed by atoms with Crippen molar-refractivity contribution in [3.05, 3.63) is 52.5 Å². The van der Waals surface area contributed by atoms with Crippen LogP contribution in [0.25, 0.3) is 11.5 Å². The molecule has 0 aliphatic heterocycles. The summed E-state index contributed by atoms with van der Waals surface area (Å²) in [6.45, 7) is 2.17. The number of nitro groups is 1. The van der Waals surface area contributed by atoms with Gasteiger partial charge in [0.15, 0.2) is 0 Å². The first kappa shape index (κ1) is 16.1. The number of thioether (sulfide) groups is 1. The summed E-state index contributed by atoms with van der Waals surface area (Å²) in [6, 6.07) is 7.82. The van der Waals surface area contributed by atoms with Gasteiger partial charge >= 0.3 is 0 Å². The lowest BCUT2D eigenvalue weighted by Gasteiger charge is -2.04. The Labute approximate surface area is 141 Å². The van der Waals surface area contributed by atoms with Crippen molar-refractivity contribution in [2.24, 2.45) is 0 Å². The summed E-state index contributed by atoms with van der Waals surface area (Å²) in [7, 11) is 0. The second-order valence-corrected chi connectivity index (χ2v) is 5.76. The molecule has 0 aliphatic carbocycles. The standard InChI is InChI=1S/C15H13N3O5S/c1-10-13(5-6-21-10)14-16-17-15(23-14)24-8-7-22-12-4-2-3-11(9-12)18(19)20/h2-6,9H,7-8H2,1H3. The molecule has 0 atom stereocenters. The van der Waals surface area contributed by atoms with Gasteiger partial charge in [-0.2, -0.15) is 0 Å². The Morgan fingerprint density at radius 3 is 2.96 bits per heavy atom. The Balaban J connectivity index is 1.51. The third kappa shape index (κ3) is 3.74. The van der Waals surface area contributed by atoms with Gasteiger partial charge in [0.05, 0.1) is 29.4 Å². The monoisotopic (exact) mass is 347 g/mol. The van der Waals surface area contributed by atoms with Gasteiger partial charge in [-0.05, 0) is 19.1 Å². The molecular weight excluding hydrogens is 334 g/mol. The van der Waals surface area contributed by atoms with Crippen LogP contribution in [0.4, 0.5) is 5.69 Å². The molecule has 0 saturated carbocycles. The van der Waals surface area contributed by atoms with Crippen molar-refractivity contribution in [2.45, 2.75) is 12.1 Å². The molecule has 0 aliphatic rings. The molecule has 0 fully saturated rings. The van der Waals surface area contributed by atoms with Crippen LogP contribution in [0.1, 0.15) is 5.76 Å². The molecule has 0 amide bonds. The molecule has 0 N–H and O–H groups in total. The van der Waals surface area contributed by atoms with E-state index in [1.54, 1.807) is 24.5 Å². The fourth-order valence-corrected chi connectivity index (χ4v) is 2.54. The number of hydrogen-bond acceptors (Lipinski definition) is 8. The Morgan fingerprint density at radius 2 is 2.21 bits per heavy atom. The van der Waals surface area contributed by atoms with Crippen molar-refractivity contribution in [3.8, 4) is 17.2 Å². The molecule has 3 rings (SSSR count). The summed E-state index contributed by atoms with van der Waals surface area (Å²) in [6.07, 6.45) is 1.56. The predicted molar refractivity (Wildman–Crippen MR) is 86.1 cm³/mol. The molecule has 0 unspecified atom stereocenters. The number of rotatable bonds is 7. The van der Waals surface area contributed by atoms with Crippen LogP contribution >= 0.6 is 11.8 Å². The lowest BCUT2D eigenvalue weighted by Crippen LogP contribution is -2.00. The Bertz CT molecular complexity index is 845. The van der Waals surface area contributed by atoms with E-state index in [0.29, 0.717) is 35.0 Å². The van der Waals surface area contributed by atoms with E-state index < -0.39 is 4.92 Å². The maximum Gasteiger partial charge on any atom is 0.276 e. The summed E-state index contributed by atoms with van der Waals surface area (Å²) in [5.74, 6) is 2.13. The molecule has 1 aromatic carbocycles. The van der Waals surface area contributed by atoms with E-state index in [9.17, 15) is 10.1 Å². The van der Waals surface area contributed by atoms with Crippen LogP contribution in [0.15, 0.2) is 50.7 Å². The highest BCUT2D eigenvalue weighted by molar-refractivity contribution is 7.99. The second kappa shape index (κ2) is 7.18. The minimum absolute atomic E-state index is 0.00261. The zero-order valence-corrected chi connectivity index (χ0v) is 13.5. The Hall–Kier alpha value is -2.81. The van der Waals surface area contributed by atoms with Crippen molar-refractivity contribution < 1.29 is 18.5 Å². The summed E-state index contributed by atoms with van der Waals surface area (Å²) < 4.78 is 16.2. The van der Waals surface area contributed by atoms with Gasteiger partial charge in [0.1, 0.15) is 11.5 Å². The number of aryl methyl sites for hydroxylation is 1. The maximum atomic E-state index is 10.7. The van der Waals surface area contributed by atoms with E-state index in [4.69, 9.17) is 13.6 Å². The third-order valence-electron chi connectivity index (χ3n) is 3.10. The first-order chi connectivity index (χ1) is 11.6. The van der Waals surface area contributed by atoms with E-state index in [2.05, 4.69) is 10.2 Å². The highest BCUT2D eigenvalue weighted by atomic mass is 32.2. The van der Waals surface area contributed by atoms with Crippen LogP contribution in [-0.4, -0.2) is 27.5 Å². The average Bonchev–Trinajstić information content (AvgIpc) is 3.20. The van der Waals surface area contributed by atoms with Crippen LogP contribution in [0.3, 0.4) is 0 Å². The van der Waals surface area contributed by atoms with Gasteiger partial charge in [0.25, 0.3) is 16.8 Å². The normalized spacial score (nSPS) is 10.7. The van der Waals surface area contributed by atoms with Crippen molar-refractivity contribution >= 4 is 17.4 Å².